The van der Waals surface area contributed by atoms with Gasteiger partial charge in [0.1, 0.15) is 18.5 Å². The van der Waals surface area contributed by atoms with Gasteiger partial charge in [-0.1, -0.05) is 21.1 Å². The SMILES string of the molecule is CC(OCCOc1ccc(Br)cc1Br)/C(N)=N/O. The fourth-order valence-electron chi connectivity index (χ4n) is 1.14. The molecule has 0 heterocycles. The van der Waals surface area contributed by atoms with Crippen molar-refractivity contribution in [1.29, 1.82) is 0 Å². The second kappa shape index (κ2) is 7.60. The quantitative estimate of drug-likeness (QED) is 0.261. The summed E-state index contributed by atoms with van der Waals surface area (Å²) in [5.74, 6) is 0.776. The number of halogens is 2. The van der Waals surface area contributed by atoms with Crippen molar-refractivity contribution in [2.75, 3.05) is 13.2 Å². The van der Waals surface area contributed by atoms with E-state index in [1.165, 1.54) is 0 Å². The average molecular weight is 382 g/mol. The highest BCUT2D eigenvalue weighted by molar-refractivity contribution is 9.11. The average Bonchev–Trinajstić information content (AvgIpc) is 2.35. The van der Waals surface area contributed by atoms with E-state index in [2.05, 4.69) is 37.0 Å². The van der Waals surface area contributed by atoms with Crippen molar-refractivity contribution in [2.24, 2.45) is 10.9 Å². The minimum atomic E-state index is -0.438. The summed E-state index contributed by atoms with van der Waals surface area (Å²) in [6.07, 6.45) is -0.438. The summed E-state index contributed by atoms with van der Waals surface area (Å²) < 4.78 is 12.7. The van der Waals surface area contributed by atoms with Crippen LogP contribution in [-0.2, 0) is 4.74 Å². The van der Waals surface area contributed by atoms with E-state index in [-0.39, 0.29) is 5.84 Å². The van der Waals surface area contributed by atoms with Crippen LogP contribution in [0.25, 0.3) is 0 Å². The number of hydrogen-bond donors (Lipinski definition) is 2. The standard InChI is InChI=1S/C11H14Br2N2O3/c1-7(11(14)15-16)17-4-5-18-10-3-2-8(12)6-9(10)13/h2-3,6-7,16H,4-5H2,1H3,(H2,14,15). The van der Waals surface area contributed by atoms with Gasteiger partial charge in [-0.2, -0.15) is 0 Å². The number of nitrogens with two attached hydrogens (primary N) is 1. The lowest BCUT2D eigenvalue weighted by Gasteiger charge is -2.12. The Hall–Kier alpha value is -0.790. The smallest absolute Gasteiger partial charge is 0.168 e. The molecular weight excluding hydrogens is 368 g/mol. The van der Waals surface area contributed by atoms with Crippen LogP contribution in [0.15, 0.2) is 32.3 Å². The van der Waals surface area contributed by atoms with Gasteiger partial charge in [-0.05, 0) is 41.1 Å². The summed E-state index contributed by atoms with van der Waals surface area (Å²) in [6, 6.07) is 5.64. The molecule has 0 radical (unpaired) electrons. The third-order valence-corrected chi connectivity index (χ3v) is 3.25. The Kier molecular flexibility index (Phi) is 6.45. The molecule has 3 N–H and O–H groups in total. The summed E-state index contributed by atoms with van der Waals surface area (Å²) in [5.41, 5.74) is 5.37. The molecule has 0 aromatic heterocycles. The predicted octanol–water partition coefficient (Wildman–Crippen LogP) is 2.74. The van der Waals surface area contributed by atoms with Crippen molar-refractivity contribution in [3.05, 3.63) is 27.1 Å². The molecule has 18 heavy (non-hydrogen) atoms. The van der Waals surface area contributed by atoms with Gasteiger partial charge in [0.15, 0.2) is 5.84 Å². The number of amidine groups is 1. The molecular formula is C11H14Br2N2O3. The van der Waals surface area contributed by atoms with E-state index in [0.29, 0.717) is 13.2 Å². The van der Waals surface area contributed by atoms with Gasteiger partial charge in [0.25, 0.3) is 0 Å². The van der Waals surface area contributed by atoms with Gasteiger partial charge in [-0.15, -0.1) is 0 Å². The van der Waals surface area contributed by atoms with E-state index in [1.807, 2.05) is 18.2 Å². The zero-order valence-corrected chi connectivity index (χ0v) is 12.9. The van der Waals surface area contributed by atoms with Gasteiger partial charge in [0.2, 0.25) is 0 Å². The maximum atomic E-state index is 8.44. The van der Waals surface area contributed by atoms with Crippen LogP contribution in [0.3, 0.4) is 0 Å². The van der Waals surface area contributed by atoms with Gasteiger partial charge in [-0.3, -0.25) is 0 Å². The molecule has 0 spiro atoms. The number of hydrogen-bond acceptors (Lipinski definition) is 4. The Labute approximate surface area is 122 Å². The van der Waals surface area contributed by atoms with Crippen molar-refractivity contribution in [3.8, 4) is 5.75 Å². The fourth-order valence-corrected chi connectivity index (χ4v) is 2.30. The van der Waals surface area contributed by atoms with Crippen LogP contribution >= 0.6 is 31.9 Å². The van der Waals surface area contributed by atoms with Crippen LogP contribution in [0.4, 0.5) is 0 Å². The van der Waals surface area contributed by atoms with Crippen molar-refractivity contribution in [2.45, 2.75) is 13.0 Å². The highest BCUT2D eigenvalue weighted by Crippen LogP contribution is 2.28. The molecule has 100 valence electrons. The molecule has 7 heteroatoms. The van der Waals surface area contributed by atoms with Crippen LogP contribution in [0.2, 0.25) is 0 Å². The first-order valence-electron chi connectivity index (χ1n) is 5.21. The molecule has 1 atom stereocenters. The topological polar surface area (TPSA) is 77.1 Å². The van der Waals surface area contributed by atoms with Crippen LogP contribution in [0.5, 0.6) is 5.75 Å². The Morgan fingerprint density at radius 1 is 1.44 bits per heavy atom. The first kappa shape index (κ1) is 15.3. The highest BCUT2D eigenvalue weighted by atomic mass is 79.9. The Balaban J connectivity index is 2.34. The minimum Gasteiger partial charge on any atom is -0.490 e. The summed E-state index contributed by atoms with van der Waals surface area (Å²) in [4.78, 5) is 0. The van der Waals surface area contributed by atoms with Gasteiger partial charge in [0.05, 0.1) is 11.1 Å². The second-order valence-electron chi connectivity index (χ2n) is 3.46. The molecule has 0 amide bonds. The third-order valence-electron chi connectivity index (χ3n) is 2.13. The predicted molar refractivity (Wildman–Crippen MR) is 76.2 cm³/mol. The summed E-state index contributed by atoms with van der Waals surface area (Å²) >= 11 is 6.75. The lowest BCUT2D eigenvalue weighted by molar-refractivity contribution is 0.0776. The maximum absolute atomic E-state index is 8.44. The van der Waals surface area contributed by atoms with Crippen LogP contribution in [0.1, 0.15) is 6.92 Å². The lowest BCUT2D eigenvalue weighted by atomic mass is 10.3. The van der Waals surface area contributed by atoms with Crippen LogP contribution < -0.4 is 10.5 Å². The summed E-state index contributed by atoms with van der Waals surface area (Å²) in [6.45, 7) is 2.42. The fraction of sp³-hybridized carbons (Fsp3) is 0.364. The monoisotopic (exact) mass is 380 g/mol. The molecule has 1 unspecified atom stereocenters. The van der Waals surface area contributed by atoms with Crippen molar-refractivity contribution in [3.63, 3.8) is 0 Å². The molecule has 0 bridgehead atoms. The van der Waals surface area contributed by atoms with Gasteiger partial charge in [-0.25, -0.2) is 0 Å². The first-order valence-corrected chi connectivity index (χ1v) is 6.80. The third kappa shape index (κ3) is 4.83. The van der Waals surface area contributed by atoms with E-state index in [4.69, 9.17) is 20.4 Å². The molecule has 1 rings (SSSR count). The van der Waals surface area contributed by atoms with E-state index >= 15 is 0 Å². The molecule has 0 aliphatic heterocycles. The van der Waals surface area contributed by atoms with E-state index in [0.717, 1.165) is 14.7 Å². The number of benzene rings is 1. The zero-order valence-electron chi connectivity index (χ0n) is 9.77. The molecule has 0 saturated carbocycles. The van der Waals surface area contributed by atoms with Crippen molar-refractivity contribution in [1.82, 2.24) is 0 Å². The Morgan fingerprint density at radius 3 is 2.78 bits per heavy atom. The van der Waals surface area contributed by atoms with Crippen LogP contribution in [0, 0.1) is 0 Å². The number of ether oxygens (including phenoxy) is 2. The Morgan fingerprint density at radius 2 is 2.17 bits per heavy atom. The molecule has 0 aliphatic rings. The lowest BCUT2D eigenvalue weighted by Crippen LogP contribution is -2.30. The molecule has 0 aliphatic carbocycles. The summed E-state index contributed by atoms with van der Waals surface area (Å²) in [5, 5.41) is 11.3. The molecule has 1 aromatic rings. The van der Waals surface area contributed by atoms with E-state index < -0.39 is 6.10 Å². The molecule has 5 nitrogen and oxygen atoms in total. The number of rotatable bonds is 6. The van der Waals surface area contributed by atoms with Gasteiger partial charge >= 0.3 is 0 Å². The van der Waals surface area contributed by atoms with Gasteiger partial charge in [0, 0.05) is 4.47 Å². The first-order chi connectivity index (χ1) is 8.54. The minimum absolute atomic E-state index is 0.0415. The number of nitrogens with zero attached hydrogens (tertiary/aromatic N) is 1. The largest absolute Gasteiger partial charge is 0.490 e. The Bertz CT molecular complexity index is 427. The number of oxime groups is 1. The molecule has 1 aromatic carbocycles. The second-order valence-corrected chi connectivity index (χ2v) is 5.23. The molecule has 0 fully saturated rings. The van der Waals surface area contributed by atoms with Crippen molar-refractivity contribution < 1.29 is 14.7 Å². The van der Waals surface area contributed by atoms with E-state index in [9.17, 15) is 0 Å². The maximum Gasteiger partial charge on any atom is 0.168 e. The highest BCUT2D eigenvalue weighted by Gasteiger charge is 2.07. The van der Waals surface area contributed by atoms with Gasteiger partial charge < -0.3 is 20.4 Å². The zero-order chi connectivity index (χ0) is 13.5. The summed E-state index contributed by atoms with van der Waals surface area (Å²) in [7, 11) is 0. The van der Waals surface area contributed by atoms with Crippen LogP contribution in [-0.4, -0.2) is 30.4 Å². The van der Waals surface area contributed by atoms with Crippen molar-refractivity contribution >= 4 is 37.7 Å². The molecule has 0 saturated heterocycles. The normalized spacial score (nSPS) is 13.4. The van der Waals surface area contributed by atoms with E-state index in [1.54, 1.807) is 6.92 Å².